The third kappa shape index (κ3) is 4.79. The summed E-state index contributed by atoms with van der Waals surface area (Å²) in [6.45, 7) is -0.181. The first kappa shape index (κ1) is 25.8. The summed E-state index contributed by atoms with van der Waals surface area (Å²) >= 11 is 1.16. The fraction of sp³-hybridized carbons (Fsp3) is 0.440. The minimum Gasteiger partial charge on any atom is -0.354 e. The van der Waals surface area contributed by atoms with Crippen LogP contribution in [0.5, 0.6) is 0 Å². The summed E-state index contributed by atoms with van der Waals surface area (Å²) in [6, 6.07) is 2.48. The summed E-state index contributed by atoms with van der Waals surface area (Å²) in [5.41, 5.74) is -0.605. The number of thiazole rings is 1. The second-order valence-electron chi connectivity index (χ2n) is 10.1. The van der Waals surface area contributed by atoms with Crippen LogP contribution in [-0.4, -0.2) is 57.8 Å². The molecule has 0 N–H and O–H groups in total. The van der Waals surface area contributed by atoms with Crippen molar-refractivity contribution in [1.82, 2.24) is 24.7 Å². The van der Waals surface area contributed by atoms with E-state index in [0.29, 0.717) is 21.5 Å². The molecule has 4 aromatic rings. The number of hydrogen-bond acceptors (Lipinski definition) is 7. The van der Waals surface area contributed by atoms with Crippen LogP contribution in [0.1, 0.15) is 42.3 Å². The molecule has 1 aliphatic heterocycles. The predicted molar refractivity (Wildman–Crippen MR) is 135 cm³/mol. The van der Waals surface area contributed by atoms with Crippen molar-refractivity contribution < 1.29 is 26.3 Å². The molecule has 3 aromatic heterocycles. The summed E-state index contributed by atoms with van der Waals surface area (Å²) in [5, 5.41) is 4.79. The van der Waals surface area contributed by atoms with Gasteiger partial charge in [-0.25, -0.2) is 18.2 Å². The average Bonchev–Trinajstić information content (AvgIpc) is 3.43. The molecular formula is C25H23F6N7S. The van der Waals surface area contributed by atoms with Crippen molar-refractivity contribution >= 4 is 32.8 Å². The summed E-state index contributed by atoms with van der Waals surface area (Å²) in [4.78, 5) is 16.8. The zero-order chi connectivity index (χ0) is 27.7. The maximum Gasteiger partial charge on any atom is 0.416 e. The highest BCUT2D eigenvalue weighted by atomic mass is 32.1. The van der Waals surface area contributed by atoms with Crippen molar-refractivity contribution in [2.45, 2.75) is 43.3 Å². The Bertz CT molecular complexity index is 1540. The monoisotopic (exact) mass is 567 g/mol. The molecule has 206 valence electrons. The molecule has 1 aromatic carbocycles. The first-order valence-corrected chi connectivity index (χ1v) is 13.1. The van der Waals surface area contributed by atoms with Gasteiger partial charge in [0.1, 0.15) is 10.5 Å². The van der Waals surface area contributed by atoms with E-state index < -0.39 is 35.8 Å². The molecule has 1 saturated heterocycles. The van der Waals surface area contributed by atoms with E-state index in [1.54, 1.807) is 34.8 Å². The molecule has 1 saturated carbocycles. The fourth-order valence-electron chi connectivity index (χ4n) is 4.71. The molecule has 39 heavy (non-hydrogen) atoms. The molecule has 2 aliphatic rings. The lowest BCUT2D eigenvalue weighted by atomic mass is 9.89. The standard InChI is InChI=1S/C25H23F6N7S/c1-36(2)23-35-21-20(39-23)19(16-6-3-14(9-18(16)26)25(29,30)31)33-22(34-21)37-8-7-24(27,28)17(12-37)13-10-32-38(11-13)15-4-5-15/h3,6,9-11,15,17H,4-5,7-8,12H2,1-2H3/t17-/m0/s1. The molecule has 2 fully saturated rings. The topological polar surface area (TPSA) is 63.0 Å². The van der Waals surface area contributed by atoms with Crippen molar-refractivity contribution in [1.29, 1.82) is 0 Å². The van der Waals surface area contributed by atoms with Crippen molar-refractivity contribution in [3.63, 3.8) is 0 Å². The minimum atomic E-state index is -4.71. The van der Waals surface area contributed by atoms with Gasteiger partial charge >= 0.3 is 6.18 Å². The maximum atomic E-state index is 15.1. The molecule has 0 radical (unpaired) electrons. The lowest BCUT2D eigenvalue weighted by Gasteiger charge is -2.38. The van der Waals surface area contributed by atoms with E-state index >= 15 is 13.2 Å². The van der Waals surface area contributed by atoms with Gasteiger partial charge in [0.2, 0.25) is 5.95 Å². The van der Waals surface area contributed by atoms with Gasteiger partial charge in [-0.2, -0.15) is 28.2 Å². The predicted octanol–water partition coefficient (Wildman–Crippen LogP) is 6.14. The number of piperidine rings is 1. The number of alkyl halides is 5. The Kier molecular flexibility index (Phi) is 6.01. The number of nitrogens with zero attached hydrogens (tertiary/aromatic N) is 7. The molecule has 0 unspecified atom stereocenters. The van der Waals surface area contributed by atoms with Gasteiger partial charge in [-0.1, -0.05) is 11.3 Å². The van der Waals surface area contributed by atoms with Crippen LogP contribution in [-0.2, 0) is 6.18 Å². The number of benzene rings is 1. The molecule has 0 amide bonds. The Hall–Kier alpha value is -3.42. The highest BCUT2D eigenvalue weighted by Gasteiger charge is 2.46. The van der Waals surface area contributed by atoms with Crippen LogP contribution in [0.4, 0.5) is 37.4 Å². The molecule has 4 heterocycles. The lowest BCUT2D eigenvalue weighted by Crippen LogP contribution is -2.46. The molecular weight excluding hydrogens is 544 g/mol. The summed E-state index contributed by atoms with van der Waals surface area (Å²) in [7, 11) is 3.51. The van der Waals surface area contributed by atoms with Gasteiger partial charge in [0, 0.05) is 50.9 Å². The number of fused-ring (bicyclic) bond motifs is 1. The van der Waals surface area contributed by atoms with Gasteiger partial charge in [0.05, 0.1) is 29.4 Å². The zero-order valence-electron chi connectivity index (χ0n) is 20.9. The number of rotatable bonds is 5. The first-order valence-electron chi connectivity index (χ1n) is 12.3. The van der Waals surface area contributed by atoms with Crippen molar-refractivity contribution in [3.05, 3.63) is 47.5 Å². The molecule has 14 heteroatoms. The van der Waals surface area contributed by atoms with Crippen molar-refractivity contribution in [3.8, 4) is 11.3 Å². The van der Waals surface area contributed by atoms with Gasteiger partial charge in [-0.05, 0) is 31.0 Å². The number of aromatic nitrogens is 5. The van der Waals surface area contributed by atoms with E-state index in [9.17, 15) is 13.2 Å². The molecule has 6 rings (SSSR count). The quantitative estimate of drug-likeness (QED) is 0.270. The van der Waals surface area contributed by atoms with Gasteiger partial charge in [-0.15, -0.1) is 0 Å². The van der Waals surface area contributed by atoms with Crippen LogP contribution in [0.15, 0.2) is 30.6 Å². The van der Waals surface area contributed by atoms with Crippen LogP contribution in [0, 0.1) is 5.82 Å². The lowest BCUT2D eigenvalue weighted by molar-refractivity contribution is -0.137. The average molecular weight is 568 g/mol. The molecule has 1 atom stereocenters. The van der Waals surface area contributed by atoms with Gasteiger partial charge in [-0.3, -0.25) is 4.68 Å². The molecule has 7 nitrogen and oxygen atoms in total. The van der Waals surface area contributed by atoms with E-state index in [2.05, 4.69) is 20.1 Å². The SMILES string of the molecule is CN(C)c1nc2nc(N3CCC(F)(F)[C@H](c4cnn(C5CC5)c4)C3)nc(-c3ccc(C(F)(F)F)cc3F)c2s1. The Morgan fingerprint density at radius 2 is 1.87 bits per heavy atom. The van der Waals surface area contributed by atoms with Crippen LogP contribution < -0.4 is 9.80 Å². The third-order valence-electron chi connectivity index (χ3n) is 7.02. The summed E-state index contributed by atoms with van der Waals surface area (Å²) in [6.07, 6.45) is -0.108. The summed E-state index contributed by atoms with van der Waals surface area (Å²) in [5.74, 6) is -5.20. The van der Waals surface area contributed by atoms with E-state index in [4.69, 9.17) is 0 Å². The van der Waals surface area contributed by atoms with Crippen molar-refractivity contribution in [2.24, 2.45) is 0 Å². The van der Waals surface area contributed by atoms with Crippen LogP contribution in [0.2, 0.25) is 0 Å². The second kappa shape index (κ2) is 9.07. The van der Waals surface area contributed by atoms with Gasteiger partial charge < -0.3 is 9.80 Å². The van der Waals surface area contributed by atoms with Gasteiger partial charge in [0.25, 0.3) is 5.92 Å². The summed E-state index contributed by atoms with van der Waals surface area (Å²) < 4.78 is 86.8. The third-order valence-corrected chi connectivity index (χ3v) is 8.24. The van der Waals surface area contributed by atoms with Gasteiger partial charge in [0.15, 0.2) is 10.8 Å². The van der Waals surface area contributed by atoms with E-state index in [-0.39, 0.29) is 42.0 Å². The van der Waals surface area contributed by atoms with Crippen LogP contribution >= 0.6 is 11.3 Å². The number of hydrogen-bond donors (Lipinski definition) is 0. The molecule has 0 bridgehead atoms. The smallest absolute Gasteiger partial charge is 0.354 e. The largest absolute Gasteiger partial charge is 0.416 e. The Morgan fingerprint density at radius 1 is 1.10 bits per heavy atom. The van der Waals surface area contributed by atoms with E-state index in [0.717, 1.165) is 36.3 Å². The van der Waals surface area contributed by atoms with Crippen LogP contribution in [0.3, 0.4) is 0 Å². The zero-order valence-corrected chi connectivity index (χ0v) is 21.7. The number of anilines is 2. The Balaban J connectivity index is 1.42. The highest BCUT2D eigenvalue weighted by Crippen LogP contribution is 2.44. The van der Waals surface area contributed by atoms with E-state index in [1.165, 1.54) is 6.20 Å². The minimum absolute atomic E-state index is 0.0576. The fourth-order valence-corrected chi connectivity index (χ4v) is 5.64. The highest BCUT2D eigenvalue weighted by molar-refractivity contribution is 7.22. The Labute approximate surface area is 223 Å². The normalized spacial score (nSPS) is 19.6. The number of halogens is 6. The molecule has 1 aliphatic carbocycles. The van der Waals surface area contributed by atoms with E-state index in [1.807, 2.05) is 0 Å². The first-order chi connectivity index (χ1) is 18.4. The van der Waals surface area contributed by atoms with Crippen molar-refractivity contribution in [2.75, 3.05) is 37.0 Å². The molecule has 0 spiro atoms. The second-order valence-corrected chi connectivity index (χ2v) is 11.1. The maximum absolute atomic E-state index is 15.1. The Morgan fingerprint density at radius 3 is 2.54 bits per heavy atom. The van der Waals surface area contributed by atoms with Crippen LogP contribution in [0.25, 0.3) is 21.6 Å².